The number of halogens is 2. The Labute approximate surface area is 202 Å². The van der Waals surface area contributed by atoms with E-state index in [1.54, 1.807) is 29.2 Å². The summed E-state index contributed by atoms with van der Waals surface area (Å²) in [6, 6.07) is 10.3. The van der Waals surface area contributed by atoms with Crippen LogP contribution in [0.3, 0.4) is 0 Å². The molecule has 1 unspecified atom stereocenters. The number of benzene rings is 2. The van der Waals surface area contributed by atoms with Gasteiger partial charge in [0.05, 0.1) is 15.5 Å². The summed E-state index contributed by atoms with van der Waals surface area (Å²) in [5.74, 6) is -0.355. The molecule has 10 heteroatoms. The Morgan fingerprint density at radius 3 is 2.24 bits per heavy atom. The molecule has 1 atom stereocenters. The summed E-state index contributed by atoms with van der Waals surface area (Å²) in [6.07, 6.45) is 0.498. The number of amides is 2. The minimum atomic E-state index is -0.671. The topological polar surface area (TPSA) is 95.8 Å². The molecule has 8 nitrogen and oxygen atoms in total. The van der Waals surface area contributed by atoms with Crippen molar-refractivity contribution in [3.63, 3.8) is 0 Å². The molecule has 0 aliphatic carbocycles. The second-order valence-electron chi connectivity index (χ2n) is 8.37. The number of nitrogens with one attached hydrogen (secondary N) is 1. The van der Waals surface area contributed by atoms with Gasteiger partial charge in [-0.15, -0.1) is 0 Å². The van der Waals surface area contributed by atoms with Gasteiger partial charge in [0, 0.05) is 49.0 Å². The molecule has 0 aromatic heterocycles. The van der Waals surface area contributed by atoms with E-state index in [1.807, 2.05) is 13.8 Å². The van der Waals surface area contributed by atoms with E-state index < -0.39 is 16.9 Å². The number of carbonyl (C=O) groups is 2. The van der Waals surface area contributed by atoms with Crippen molar-refractivity contribution < 1.29 is 14.5 Å². The molecule has 1 heterocycles. The summed E-state index contributed by atoms with van der Waals surface area (Å²) >= 11 is 12.1. The number of anilines is 1. The molecule has 2 amide bonds. The van der Waals surface area contributed by atoms with E-state index in [0.717, 1.165) is 5.69 Å². The van der Waals surface area contributed by atoms with Crippen molar-refractivity contribution in [2.45, 2.75) is 26.3 Å². The summed E-state index contributed by atoms with van der Waals surface area (Å²) in [4.78, 5) is 40.3. The Bertz CT molecular complexity index is 1020. The zero-order chi connectivity index (χ0) is 24.1. The number of nitrogens with zero attached hydrogens (tertiary/aromatic N) is 3. The quantitative estimate of drug-likeness (QED) is 0.456. The van der Waals surface area contributed by atoms with Gasteiger partial charge < -0.3 is 15.1 Å². The number of nitro groups is 1. The zero-order valence-electron chi connectivity index (χ0n) is 18.5. The molecule has 0 spiro atoms. The van der Waals surface area contributed by atoms with Gasteiger partial charge in [-0.1, -0.05) is 37.0 Å². The van der Waals surface area contributed by atoms with Crippen molar-refractivity contribution in [2.24, 2.45) is 5.92 Å². The monoisotopic (exact) mass is 492 g/mol. The summed E-state index contributed by atoms with van der Waals surface area (Å²) in [5, 5.41) is 14.4. The molecule has 1 aliphatic rings. The molecule has 0 radical (unpaired) electrons. The highest BCUT2D eigenvalue weighted by Gasteiger charge is 2.30. The molecule has 2 aromatic carbocycles. The van der Waals surface area contributed by atoms with Crippen LogP contribution in [0.5, 0.6) is 0 Å². The largest absolute Gasteiger partial charge is 0.368 e. The van der Waals surface area contributed by atoms with Crippen LogP contribution in [0.1, 0.15) is 30.6 Å². The average Bonchev–Trinajstić information content (AvgIpc) is 2.78. The van der Waals surface area contributed by atoms with Crippen LogP contribution >= 0.6 is 23.2 Å². The van der Waals surface area contributed by atoms with E-state index >= 15 is 0 Å². The van der Waals surface area contributed by atoms with Gasteiger partial charge in [-0.3, -0.25) is 19.7 Å². The van der Waals surface area contributed by atoms with Crippen LogP contribution < -0.4 is 10.2 Å². The minimum Gasteiger partial charge on any atom is -0.368 e. The van der Waals surface area contributed by atoms with E-state index in [9.17, 15) is 19.7 Å². The fourth-order valence-corrected chi connectivity index (χ4v) is 4.29. The molecule has 1 aliphatic heterocycles. The molecule has 33 heavy (non-hydrogen) atoms. The van der Waals surface area contributed by atoms with Crippen LogP contribution in [0, 0.1) is 16.0 Å². The van der Waals surface area contributed by atoms with Gasteiger partial charge >= 0.3 is 0 Å². The van der Waals surface area contributed by atoms with E-state index in [-0.39, 0.29) is 28.1 Å². The van der Waals surface area contributed by atoms with Gasteiger partial charge in [0.1, 0.15) is 6.04 Å². The Morgan fingerprint density at radius 1 is 1.06 bits per heavy atom. The maximum absolute atomic E-state index is 13.3. The Kier molecular flexibility index (Phi) is 8.15. The van der Waals surface area contributed by atoms with Crippen LogP contribution in [-0.2, 0) is 4.79 Å². The zero-order valence-corrected chi connectivity index (χ0v) is 20.0. The molecule has 0 saturated carbocycles. The molecule has 176 valence electrons. The van der Waals surface area contributed by atoms with Crippen molar-refractivity contribution in [3.05, 3.63) is 68.2 Å². The molecule has 3 rings (SSSR count). The first-order chi connectivity index (χ1) is 15.7. The predicted molar refractivity (Wildman–Crippen MR) is 129 cm³/mol. The smallest absolute Gasteiger partial charge is 0.269 e. The summed E-state index contributed by atoms with van der Waals surface area (Å²) in [5.41, 5.74) is 1.18. The highest BCUT2D eigenvalue weighted by molar-refractivity contribution is 6.36. The second-order valence-corrected chi connectivity index (χ2v) is 9.21. The fourth-order valence-electron chi connectivity index (χ4n) is 3.79. The van der Waals surface area contributed by atoms with Gasteiger partial charge in [0.25, 0.3) is 11.6 Å². The van der Waals surface area contributed by atoms with Crippen LogP contribution in [0.15, 0.2) is 42.5 Å². The van der Waals surface area contributed by atoms with E-state index in [0.29, 0.717) is 37.6 Å². The molecular weight excluding hydrogens is 467 g/mol. The Balaban J connectivity index is 1.65. The minimum absolute atomic E-state index is 0.0422. The number of non-ortho nitro benzene ring substituents is 1. The van der Waals surface area contributed by atoms with Crippen molar-refractivity contribution in [2.75, 3.05) is 31.1 Å². The number of piperazine rings is 1. The lowest BCUT2D eigenvalue weighted by Crippen LogP contribution is -2.55. The number of hydrogen-bond donors (Lipinski definition) is 1. The van der Waals surface area contributed by atoms with E-state index in [2.05, 4.69) is 10.2 Å². The molecule has 2 aromatic rings. The summed E-state index contributed by atoms with van der Waals surface area (Å²) in [6.45, 7) is 6.15. The lowest BCUT2D eigenvalue weighted by Gasteiger charge is -2.38. The van der Waals surface area contributed by atoms with Crippen molar-refractivity contribution in [1.29, 1.82) is 0 Å². The van der Waals surface area contributed by atoms with Crippen LogP contribution in [0.4, 0.5) is 11.4 Å². The average molecular weight is 493 g/mol. The molecule has 1 saturated heterocycles. The highest BCUT2D eigenvalue weighted by Crippen LogP contribution is 2.23. The third-order valence-corrected chi connectivity index (χ3v) is 6.05. The van der Waals surface area contributed by atoms with Crippen molar-refractivity contribution in [1.82, 2.24) is 10.2 Å². The van der Waals surface area contributed by atoms with Gasteiger partial charge in [-0.2, -0.15) is 0 Å². The van der Waals surface area contributed by atoms with Crippen LogP contribution in [-0.4, -0.2) is 53.9 Å². The normalized spacial score (nSPS) is 14.8. The number of rotatable bonds is 7. The fraction of sp³-hybridized carbons (Fsp3) is 0.391. The van der Waals surface area contributed by atoms with Gasteiger partial charge in [-0.05, 0) is 42.7 Å². The predicted octanol–water partition coefficient (Wildman–Crippen LogP) is 4.39. The summed E-state index contributed by atoms with van der Waals surface area (Å²) < 4.78 is 0. The third-order valence-electron chi connectivity index (χ3n) is 5.50. The standard InChI is InChI=1S/C23H26Cl2N4O4/c1-15(2)13-21(26-22(30)19-8-3-16(24)14-20(19)25)23(31)28-11-9-27(10-12-28)17-4-6-18(7-5-17)29(32)33/h3-8,14-15,21H,9-13H2,1-2H3,(H,26,30). The number of carbonyl (C=O) groups excluding carboxylic acids is 2. The van der Waals surface area contributed by atoms with Crippen LogP contribution in [0.25, 0.3) is 0 Å². The Hall–Kier alpha value is -2.84. The summed E-state index contributed by atoms with van der Waals surface area (Å²) in [7, 11) is 0. The first-order valence-corrected chi connectivity index (χ1v) is 11.5. The van der Waals surface area contributed by atoms with Crippen molar-refractivity contribution >= 4 is 46.4 Å². The lowest BCUT2D eigenvalue weighted by atomic mass is 10.0. The lowest BCUT2D eigenvalue weighted by molar-refractivity contribution is -0.384. The highest BCUT2D eigenvalue weighted by atomic mass is 35.5. The van der Waals surface area contributed by atoms with Gasteiger partial charge in [0.15, 0.2) is 0 Å². The van der Waals surface area contributed by atoms with Gasteiger partial charge in [-0.25, -0.2) is 0 Å². The Morgan fingerprint density at radius 2 is 1.70 bits per heavy atom. The maximum atomic E-state index is 13.3. The van der Waals surface area contributed by atoms with E-state index in [1.165, 1.54) is 18.2 Å². The third kappa shape index (κ3) is 6.36. The SMILES string of the molecule is CC(C)CC(NC(=O)c1ccc(Cl)cc1Cl)C(=O)N1CCN(c2ccc([N+](=O)[O-])cc2)CC1. The second kappa shape index (κ2) is 10.9. The number of nitro benzene ring substituents is 1. The first-order valence-electron chi connectivity index (χ1n) is 10.7. The molecule has 1 fully saturated rings. The maximum Gasteiger partial charge on any atom is 0.269 e. The van der Waals surface area contributed by atoms with E-state index in [4.69, 9.17) is 23.2 Å². The molecule has 1 N–H and O–H groups in total. The first kappa shape index (κ1) is 24.8. The molecule has 0 bridgehead atoms. The van der Waals surface area contributed by atoms with Crippen LogP contribution in [0.2, 0.25) is 10.0 Å². The number of hydrogen-bond acceptors (Lipinski definition) is 5. The molecular formula is C23H26Cl2N4O4. The van der Waals surface area contributed by atoms with Gasteiger partial charge in [0.2, 0.25) is 5.91 Å². The van der Waals surface area contributed by atoms with Crippen molar-refractivity contribution in [3.8, 4) is 0 Å².